The third-order valence-corrected chi connectivity index (χ3v) is 4.44. The number of aromatic nitrogens is 2. The third-order valence-electron chi connectivity index (χ3n) is 3.35. The van der Waals surface area contributed by atoms with Crippen LogP contribution in [0.1, 0.15) is 24.4 Å². The van der Waals surface area contributed by atoms with E-state index in [0.29, 0.717) is 0 Å². The van der Waals surface area contributed by atoms with Crippen molar-refractivity contribution in [1.29, 1.82) is 0 Å². The van der Waals surface area contributed by atoms with Crippen molar-refractivity contribution in [3.05, 3.63) is 59.3 Å². The summed E-state index contributed by atoms with van der Waals surface area (Å²) < 4.78 is 14.3. The Balaban J connectivity index is 1.91. The van der Waals surface area contributed by atoms with Crippen molar-refractivity contribution in [3.8, 4) is 0 Å². The first kappa shape index (κ1) is 13.1. The monoisotopic (exact) mass is 286 g/mol. The van der Waals surface area contributed by atoms with Crippen molar-refractivity contribution in [2.45, 2.75) is 19.3 Å². The first-order valence-electron chi connectivity index (χ1n) is 6.42. The normalized spacial score (nSPS) is 12.6. The predicted octanol–water partition coefficient (Wildman–Crippen LogP) is 4.75. The number of halogens is 1. The number of benzene rings is 1. The highest BCUT2D eigenvalue weighted by Crippen LogP contribution is 2.29. The SMILES string of the molecule is CC(C)(/C=C/c1cc2cc(F)ccc2s1)c1cnc[nH]1. The Morgan fingerprint density at radius 2 is 2.15 bits per heavy atom. The molecule has 0 saturated carbocycles. The van der Waals surface area contributed by atoms with Crippen molar-refractivity contribution in [1.82, 2.24) is 9.97 Å². The minimum atomic E-state index is -0.191. The van der Waals surface area contributed by atoms with E-state index in [1.165, 1.54) is 6.07 Å². The number of H-pyrrole nitrogens is 1. The molecule has 20 heavy (non-hydrogen) atoms. The third kappa shape index (κ3) is 2.51. The number of aromatic amines is 1. The zero-order chi connectivity index (χ0) is 14.2. The summed E-state index contributed by atoms with van der Waals surface area (Å²) in [6, 6.07) is 6.92. The van der Waals surface area contributed by atoms with Gasteiger partial charge in [-0.05, 0) is 35.7 Å². The van der Waals surface area contributed by atoms with E-state index < -0.39 is 0 Å². The fraction of sp³-hybridized carbons (Fsp3) is 0.188. The molecule has 3 aromatic rings. The van der Waals surface area contributed by atoms with E-state index in [-0.39, 0.29) is 11.2 Å². The lowest BCUT2D eigenvalue weighted by atomic mass is 9.89. The Labute approximate surface area is 121 Å². The van der Waals surface area contributed by atoms with Crippen molar-refractivity contribution in [2.24, 2.45) is 0 Å². The van der Waals surface area contributed by atoms with Gasteiger partial charge in [-0.2, -0.15) is 0 Å². The minimum absolute atomic E-state index is 0.113. The van der Waals surface area contributed by atoms with Gasteiger partial charge in [0.25, 0.3) is 0 Å². The van der Waals surface area contributed by atoms with E-state index in [2.05, 4.69) is 36.0 Å². The van der Waals surface area contributed by atoms with Gasteiger partial charge in [0.15, 0.2) is 0 Å². The standard InChI is InChI=1S/C16H15FN2S/c1-16(2,15-9-18-10-19-15)6-5-13-8-11-7-12(17)3-4-14(11)20-13/h3-10H,1-2H3,(H,18,19)/b6-5+. The summed E-state index contributed by atoms with van der Waals surface area (Å²) in [5.74, 6) is -0.191. The summed E-state index contributed by atoms with van der Waals surface area (Å²) in [7, 11) is 0. The summed E-state index contributed by atoms with van der Waals surface area (Å²) in [6.45, 7) is 4.26. The van der Waals surface area contributed by atoms with Crippen molar-refractivity contribution < 1.29 is 4.39 Å². The summed E-state index contributed by atoms with van der Waals surface area (Å²) in [5.41, 5.74) is 0.957. The molecule has 0 atom stereocenters. The molecule has 0 aliphatic carbocycles. The van der Waals surface area contributed by atoms with Crippen LogP contribution in [-0.2, 0) is 5.41 Å². The van der Waals surface area contributed by atoms with Gasteiger partial charge in [0.2, 0.25) is 0 Å². The summed E-state index contributed by atoms with van der Waals surface area (Å²) >= 11 is 1.66. The molecule has 0 amide bonds. The predicted molar refractivity (Wildman–Crippen MR) is 82.4 cm³/mol. The van der Waals surface area contributed by atoms with Crippen LogP contribution in [0.3, 0.4) is 0 Å². The van der Waals surface area contributed by atoms with Gasteiger partial charge >= 0.3 is 0 Å². The Hall–Kier alpha value is -1.94. The highest BCUT2D eigenvalue weighted by molar-refractivity contribution is 7.19. The maximum Gasteiger partial charge on any atom is 0.123 e. The van der Waals surface area contributed by atoms with Gasteiger partial charge < -0.3 is 4.98 Å². The van der Waals surface area contributed by atoms with Crippen molar-refractivity contribution in [2.75, 3.05) is 0 Å². The lowest BCUT2D eigenvalue weighted by Crippen LogP contribution is -2.13. The number of thiophene rings is 1. The summed E-state index contributed by atoms with van der Waals surface area (Å²) in [4.78, 5) is 8.32. The Morgan fingerprint density at radius 3 is 2.90 bits per heavy atom. The number of allylic oxidation sites excluding steroid dienone is 1. The maximum atomic E-state index is 13.2. The van der Waals surface area contributed by atoms with Crippen LogP contribution < -0.4 is 0 Å². The summed E-state index contributed by atoms with van der Waals surface area (Å²) in [5, 5.41) is 0.953. The molecule has 0 bridgehead atoms. The van der Waals surface area contributed by atoms with Gasteiger partial charge in [-0.25, -0.2) is 9.37 Å². The lowest BCUT2D eigenvalue weighted by Gasteiger charge is -2.17. The van der Waals surface area contributed by atoms with E-state index in [1.54, 1.807) is 23.7 Å². The first-order chi connectivity index (χ1) is 9.54. The van der Waals surface area contributed by atoms with Crippen LogP contribution in [0.5, 0.6) is 0 Å². The highest BCUT2D eigenvalue weighted by atomic mass is 32.1. The van der Waals surface area contributed by atoms with E-state index in [4.69, 9.17) is 0 Å². The number of nitrogens with zero attached hydrogens (tertiary/aromatic N) is 1. The van der Waals surface area contributed by atoms with E-state index >= 15 is 0 Å². The summed E-state index contributed by atoms with van der Waals surface area (Å²) in [6.07, 6.45) is 7.75. The van der Waals surface area contributed by atoms with Gasteiger partial charge in [-0.3, -0.25) is 0 Å². The van der Waals surface area contributed by atoms with Gasteiger partial charge in [0.1, 0.15) is 5.82 Å². The molecule has 4 heteroatoms. The fourth-order valence-electron chi connectivity index (χ4n) is 2.11. The molecule has 102 valence electrons. The number of hydrogen-bond donors (Lipinski definition) is 1. The van der Waals surface area contributed by atoms with Gasteiger partial charge in [-0.1, -0.05) is 19.9 Å². The zero-order valence-electron chi connectivity index (χ0n) is 11.4. The molecule has 2 aromatic heterocycles. The minimum Gasteiger partial charge on any atom is -0.348 e. The van der Waals surface area contributed by atoms with Crippen LogP contribution in [0.2, 0.25) is 0 Å². The molecule has 0 radical (unpaired) electrons. The number of hydrogen-bond acceptors (Lipinski definition) is 2. The second-order valence-corrected chi connectivity index (χ2v) is 6.47. The quantitative estimate of drug-likeness (QED) is 0.739. The van der Waals surface area contributed by atoms with Crippen LogP contribution in [-0.4, -0.2) is 9.97 Å². The maximum absolute atomic E-state index is 13.2. The fourth-order valence-corrected chi connectivity index (χ4v) is 3.05. The number of fused-ring (bicyclic) bond motifs is 1. The molecule has 2 heterocycles. The molecule has 3 rings (SSSR count). The van der Waals surface area contributed by atoms with Gasteiger partial charge in [0, 0.05) is 26.9 Å². The van der Waals surface area contributed by atoms with Crippen LogP contribution in [0, 0.1) is 5.82 Å². The average Bonchev–Trinajstić information content (AvgIpc) is 3.05. The Morgan fingerprint density at radius 1 is 1.30 bits per heavy atom. The number of imidazole rings is 1. The van der Waals surface area contributed by atoms with Crippen LogP contribution >= 0.6 is 11.3 Å². The average molecular weight is 286 g/mol. The molecule has 1 aromatic carbocycles. The molecule has 1 N–H and O–H groups in total. The molecular formula is C16H15FN2S. The molecule has 0 fully saturated rings. The second kappa shape index (κ2) is 4.87. The number of nitrogens with one attached hydrogen (secondary N) is 1. The van der Waals surface area contributed by atoms with Gasteiger partial charge in [-0.15, -0.1) is 11.3 Å². The number of rotatable bonds is 3. The molecule has 0 unspecified atom stereocenters. The van der Waals surface area contributed by atoms with E-state index in [0.717, 1.165) is 20.7 Å². The van der Waals surface area contributed by atoms with E-state index in [1.807, 2.05) is 18.3 Å². The molecule has 0 saturated heterocycles. The molecular weight excluding hydrogens is 271 g/mol. The molecule has 0 aliphatic heterocycles. The highest BCUT2D eigenvalue weighted by Gasteiger charge is 2.18. The molecule has 2 nitrogen and oxygen atoms in total. The second-order valence-electron chi connectivity index (χ2n) is 5.35. The van der Waals surface area contributed by atoms with Crippen LogP contribution in [0.15, 0.2) is 42.9 Å². The zero-order valence-corrected chi connectivity index (χ0v) is 12.2. The topological polar surface area (TPSA) is 28.7 Å². The van der Waals surface area contributed by atoms with Crippen LogP contribution in [0.25, 0.3) is 16.2 Å². The van der Waals surface area contributed by atoms with Crippen molar-refractivity contribution >= 4 is 27.5 Å². The van der Waals surface area contributed by atoms with Gasteiger partial charge in [0.05, 0.1) is 6.33 Å². The largest absolute Gasteiger partial charge is 0.348 e. The Kier molecular flexibility index (Phi) is 3.18. The smallest absolute Gasteiger partial charge is 0.123 e. The lowest BCUT2D eigenvalue weighted by molar-refractivity contribution is 0.630. The van der Waals surface area contributed by atoms with E-state index in [9.17, 15) is 4.39 Å². The van der Waals surface area contributed by atoms with Crippen molar-refractivity contribution in [3.63, 3.8) is 0 Å². The first-order valence-corrected chi connectivity index (χ1v) is 7.23. The molecule has 0 aliphatic rings. The Bertz CT molecular complexity index is 754. The molecule has 0 spiro atoms. The van der Waals surface area contributed by atoms with Crippen LogP contribution in [0.4, 0.5) is 4.39 Å².